The second-order valence-electron chi connectivity index (χ2n) is 12.5. The van der Waals surface area contributed by atoms with E-state index in [9.17, 15) is 14.4 Å². The molecular formula is C40H44N3O7P. The van der Waals surface area contributed by atoms with Crippen LogP contribution in [0.1, 0.15) is 73.5 Å². The van der Waals surface area contributed by atoms with Crippen molar-refractivity contribution in [3.8, 4) is 11.5 Å². The fraction of sp³-hybridized carbons (Fsp3) is 0.325. The second-order valence-corrected chi connectivity index (χ2v) is 15.2. The molecule has 0 saturated carbocycles. The van der Waals surface area contributed by atoms with Crippen molar-refractivity contribution in [1.29, 1.82) is 0 Å². The van der Waals surface area contributed by atoms with Crippen LogP contribution in [0.2, 0.25) is 0 Å². The molecule has 10 nitrogen and oxygen atoms in total. The molecule has 0 atom stereocenters. The molecule has 0 aliphatic carbocycles. The van der Waals surface area contributed by atoms with Gasteiger partial charge >= 0.3 is 5.97 Å². The Hall–Kier alpha value is -5.08. The summed E-state index contributed by atoms with van der Waals surface area (Å²) in [4.78, 5) is 47.5. The third kappa shape index (κ3) is 6.16. The van der Waals surface area contributed by atoms with E-state index in [1.807, 2.05) is 30.3 Å². The van der Waals surface area contributed by atoms with Crippen LogP contribution in [0, 0.1) is 0 Å². The number of anilines is 2. The van der Waals surface area contributed by atoms with Crippen molar-refractivity contribution < 1.29 is 33.3 Å². The van der Waals surface area contributed by atoms with Gasteiger partial charge in [0.05, 0.1) is 19.8 Å². The molecule has 6 rings (SSSR count). The lowest BCUT2D eigenvalue weighted by Crippen LogP contribution is -2.38. The zero-order chi connectivity index (χ0) is 36.4. The van der Waals surface area contributed by atoms with Crippen molar-refractivity contribution in [2.75, 3.05) is 50.2 Å². The summed E-state index contributed by atoms with van der Waals surface area (Å²) in [6.07, 6.45) is -0.0337. The summed E-state index contributed by atoms with van der Waals surface area (Å²) < 4.78 is 28.2. The molecular weight excluding hydrogens is 665 g/mol. The van der Waals surface area contributed by atoms with Crippen LogP contribution in [0.4, 0.5) is 11.4 Å². The molecule has 0 N–H and O–H groups in total. The SMILES string of the molecule is CCN(CC)c1ccc2c(c1)P(=O)(c1ccccc1)c1cc(N(CC)CC)ccc1C2c1c(OC)cc(C(=O)ON2C(=O)CCC2=O)cc1OC. The minimum atomic E-state index is -3.46. The van der Waals surface area contributed by atoms with Gasteiger partial charge in [-0.1, -0.05) is 42.5 Å². The number of carbonyl (C=O) groups is 3. The first-order chi connectivity index (χ1) is 24.6. The van der Waals surface area contributed by atoms with E-state index in [1.54, 1.807) is 0 Å². The number of hydrogen-bond donors (Lipinski definition) is 0. The molecule has 0 aromatic heterocycles. The maximum absolute atomic E-state index is 16.2. The number of imide groups is 1. The van der Waals surface area contributed by atoms with Crippen LogP contribution in [-0.2, 0) is 19.0 Å². The first-order valence-electron chi connectivity index (χ1n) is 17.4. The Morgan fingerprint density at radius 1 is 0.725 bits per heavy atom. The molecule has 2 aliphatic heterocycles. The smallest absolute Gasteiger partial charge is 0.364 e. The Balaban J connectivity index is 1.63. The van der Waals surface area contributed by atoms with E-state index in [0.717, 1.165) is 64.6 Å². The highest BCUT2D eigenvalue weighted by Crippen LogP contribution is 2.55. The molecule has 0 bridgehead atoms. The fourth-order valence-electron chi connectivity index (χ4n) is 7.33. The van der Waals surface area contributed by atoms with Gasteiger partial charge in [0.1, 0.15) is 11.5 Å². The van der Waals surface area contributed by atoms with Crippen molar-refractivity contribution in [3.63, 3.8) is 0 Å². The van der Waals surface area contributed by atoms with Gasteiger partial charge in [-0.05, 0) is 75.2 Å². The summed E-state index contributed by atoms with van der Waals surface area (Å²) >= 11 is 0. The van der Waals surface area contributed by atoms with Crippen molar-refractivity contribution in [1.82, 2.24) is 5.06 Å². The zero-order valence-corrected chi connectivity index (χ0v) is 30.9. The lowest BCUT2D eigenvalue weighted by Gasteiger charge is -2.37. The Morgan fingerprint density at radius 2 is 1.20 bits per heavy atom. The van der Waals surface area contributed by atoms with E-state index >= 15 is 4.57 Å². The van der Waals surface area contributed by atoms with Crippen molar-refractivity contribution in [3.05, 3.63) is 101 Å². The normalized spacial score (nSPS) is 17.8. The number of hydroxylamine groups is 2. The molecule has 2 heterocycles. The zero-order valence-electron chi connectivity index (χ0n) is 30.0. The molecule has 1 saturated heterocycles. The lowest BCUT2D eigenvalue weighted by atomic mass is 9.82. The molecule has 2 aliphatic rings. The predicted molar refractivity (Wildman–Crippen MR) is 200 cm³/mol. The molecule has 266 valence electrons. The standard InChI is InChI=1S/C40H44N3O7P/c1-7-41(8-2)27-16-18-30-34(24-27)51(47,29-14-12-11-13-15-29)35-25-28(42(9-3)10-4)17-19-31(35)38(30)39-32(48-5)22-26(23-33(39)49-6)40(46)50-43-36(44)20-21-37(43)45/h11-19,22-25,38H,7-10,20-21H2,1-6H3. The van der Waals surface area contributed by atoms with E-state index < -0.39 is 30.8 Å². The van der Waals surface area contributed by atoms with Gasteiger partial charge in [-0.25, -0.2) is 4.79 Å². The number of amides is 2. The highest BCUT2D eigenvalue weighted by atomic mass is 31.2. The fourth-order valence-corrected chi connectivity index (χ4v) is 10.5. The largest absolute Gasteiger partial charge is 0.496 e. The van der Waals surface area contributed by atoms with Gasteiger partial charge in [0.25, 0.3) is 11.8 Å². The first-order valence-corrected chi connectivity index (χ1v) is 19.1. The predicted octanol–water partition coefficient (Wildman–Crippen LogP) is 5.75. The number of ether oxygens (including phenoxy) is 2. The number of carbonyl (C=O) groups excluding carboxylic acids is 3. The summed E-state index contributed by atoms with van der Waals surface area (Å²) in [5.74, 6) is -1.88. The maximum atomic E-state index is 16.2. The minimum Gasteiger partial charge on any atom is -0.496 e. The third-order valence-corrected chi connectivity index (χ3v) is 13.1. The lowest BCUT2D eigenvalue weighted by molar-refractivity contribution is -0.172. The van der Waals surface area contributed by atoms with E-state index in [4.69, 9.17) is 14.3 Å². The summed E-state index contributed by atoms with van der Waals surface area (Å²) in [7, 11) is -0.444. The maximum Gasteiger partial charge on any atom is 0.364 e. The quantitative estimate of drug-likeness (QED) is 0.118. The van der Waals surface area contributed by atoms with Gasteiger partial charge in [0.2, 0.25) is 0 Å². The molecule has 0 unspecified atom stereocenters. The van der Waals surface area contributed by atoms with Crippen LogP contribution in [0.25, 0.3) is 0 Å². The average molecular weight is 710 g/mol. The van der Waals surface area contributed by atoms with Crippen LogP contribution in [0.5, 0.6) is 11.5 Å². The van der Waals surface area contributed by atoms with E-state index in [2.05, 4.69) is 73.9 Å². The summed E-state index contributed by atoms with van der Waals surface area (Å²) in [6.45, 7) is 11.5. The van der Waals surface area contributed by atoms with Gasteiger partial charge in [-0.2, -0.15) is 0 Å². The van der Waals surface area contributed by atoms with Gasteiger partial charge in [-0.15, -0.1) is 5.06 Å². The van der Waals surface area contributed by atoms with Gasteiger partial charge in [0.15, 0.2) is 7.14 Å². The minimum absolute atomic E-state index is 0.0169. The molecule has 4 aromatic rings. The molecule has 51 heavy (non-hydrogen) atoms. The van der Waals surface area contributed by atoms with Crippen LogP contribution in [0.15, 0.2) is 78.9 Å². The Labute approximate surface area is 299 Å². The van der Waals surface area contributed by atoms with E-state index in [0.29, 0.717) is 22.1 Å². The molecule has 4 aromatic carbocycles. The van der Waals surface area contributed by atoms with Crippen LogP contribution in [-0.4, -0.2) is 63.2 Å². The molecule has 1 fully saturated rings. The molecule has 2 amide bonds. The Bertz CT molecular complexity index is 1920. The van der Waals surface area contributed by atoms with Crippen molar-refractivity contribution in [2.24, 2.45) is 0 Å². The molecule has 0 radical (unpaired) electrons. The van der Waals surface area contributed by atoms with Crippen LogP contribution in [0.3, 0.4) is 0 Å². The number of nitrogens with zero attached hydrogens (tertiary/aromatic N) is 3. The molecule has 0 spiro atoms. The number of rotatable bonds is 12. The van der Waals surface area contributed by atoms with Crippen LogP contribution >= 0.6 is 7.14 Å². The van der Waals surface area contributed by atoms with Gasteiger partial charge in [0, 0.05) is 77.8 Å². The highest BCUT2D eigenvalue weighted by molar-refractivity contribution is 7.85. The van der Waals surface area contributed by atoms with Gasteiger partial charge in [-0.3, -0.25) is 9.59 Å². The Morgan fingerprint density at radius 3 is 1.63 bits per heavy atom. The number of hydrogen-bond acceptors (Lipinski definition) is 9. The summed E-state index contributed by atoms with van der Waals surface area (Å²) in [5, 5.41) is 2.71. The van der Waals surface area contributed by atoms with Crippen LogP contribution < -0.4 is 35.2 Å². The summed E-state index contributed by atoms with van der Waals surface area (Å²) in [6, 6.07) is 25.1. The van der Waals surface area contributed by atoms with Crippen molar-refractivity contribution in [2.45, 2.75) is 46.5 Å². The number of benzene rings is 4. The topological polar surface area (TPSA) is 106 Å². The average Bonchev–Trinajstić information content (AvgIpc) is 3.48. The number of fused-ring (bicyclic) bond motifs is 2. The second kappa shape index (κ2) is 14.6. The first kappa shape index (κ1) is 35.7. The van der Waals surface area contributed by atoms with E-state index in [-0.39, 0.29) is 18.4 Å². The van der Waals surface area contributed by atoms with Crippen molar-refractivity contribution >= 4 is 52.2 Å². The van der Waals surface area contributed by atoms with E-state index in [1.165, 1.54) is 26.4 Å². The Kier molecular flexibility index (Phi) is 10.3. The van der Waals surface area contributed by atoms with Gasteiger partial charge < -0.3 is 28.7 Å². The summed E-state index contributed by atoms with van der Waals surface area (Å²) in [5.41, 5.74) is 4.29. The third-order valence-electron chi connectivity index (χ3n) is 9.95. The monoisotopic (exact) mass is 709 g/mol. The molecule has 11 heteroatoms. The number of methoxy groups -OCH3 is 2. The highest BCUT2D eigenvalue weighted by Gasteiger charge is 2.44.